The summed E-state index contributed by atoms with van der Waals surface area (Å²) in [7, 11) is 0. The Kier molecular flexibility index (Phi) is 5.22. The number of primary amides is 1. The average Bonchev–Trinajstić information content (AvgIpc) is 3.23. The number of para-hydroxylation sites is 2. The number of amides is 1. The number of rotatable bonds is 5. The van der Waals surface area contributed by atoms with Crippen LogP contribution in [0.25, 0.3) is 22.4 Å². The first-order valence-corrected chi connectivity index (χ1v) is 11.3. The van der Waals surface area contributed by atoms with E-state index >= 15 is 0 Å². The molecule has 0 aliphatic rings. The number of aromatic nitrogens is 4. The van der Waals surface area contributed by atoms with Gasteiger partial charge in [0.05, 0.1) is 16.6 Å². The predicted octanol–water partition coefficient (Wildman–Crippen LogP) is 3.97. The molecule has 8 heteroatoms. The number of nitrogens with zero attached hydrogens (tertiary/aromatic N) is 4. The molecule has 2 aromatic heterocycles. The van der Waals surface area contributed by atoms with Gasteiger partial charge >= 0.3 is 0 Å². The summed E-state index contributed by atoms with van der Waals surface area (Å²) in [5.41, 5.74) is 9.70. The highest BCUT2D eigenvalue weighted by molar-refractivity contribution is 8.00. The molecule has 0 fully saturated rings. The summed E-state index contributed by atoms with van der Waals surface area (Å²) < 4.78 is 3.43. The number of hydrogen-bond acceptors (Lipinski definition) is 5. The van der Waals surface area contributed by atoms with Crippen LogP contribution in [0.1, 0.15) is 21.9 Å². The van der Waals surface area contributed by atoms with E-state index in [9.17, 15) is 9.59 Å². The lowest BCUT2D eigenvalue weighted by atomic mass is 10.1. The molecule has 0 spiro atoms. The summed E-state index contributed by atoms with van der Waals surface area (Å²) in [5, 5.41) is 9.14. The second-order valence-electron chi connectivity index (χ2n) is 7.83. The third kappa shape index (κ3) is 3.48. The number of thioether (sulfide) groups is 1. The minimum Gasteiger partial charge on any atom is -0.368 e. The van der Waals surface area contributed by atoms with Crippen LogP contribution >= 0.6 is 11.8 Å². The zero-order chi connectivity index (χ0) is 23.1. The second-order valence-corrected chi connectivity index (χ2v) is 8.90. The fourth-order valence-electron chi connectivity index (χ4n) is 4.14. The van der Waals surface area contributed by atoms with E-state index in [1.165, 1.54) is 11.8 Å². The number of benzene rings is 3. The van der Waals surface area contributed by atoms with Crippen molar-refractivity contribution in [3.05, 3.63) is 99.8 Å². The fourth-order valence-corrected chi connectivity index (χ4v) is 5.13. The Labute approximate surface area is 193 Å². The SMILES string of the molecule is Cc1cccc(C)c1-n1c(=O)c2ccccc2n2c(SC(C(N)=O)c3ccccc3)nnc12. The van der Waals surface area contributed by atoms with E-state index in [-0.39, 0.29) is 5.56 Å². The van der Waals surface area contributed by atoms with E-state index in [1.807, 2.05) is 85.0 Å². The minimum absolute atomic E-state index is 0.172. The van der Waals surface area contributed by atoms with Crippen molar-refractivity contribution in [1.29, 1.82) is 0 Å². The molecule has 2 heterocycles. The van der Waals surface area contributed by atoms with Crippen molar-refractivity contribution in [3.8, 4) is 5.69 Å². The Hall–Kier alpha value is -3.91. The maximum Gasteiger partial charge on any atom is 0.267 e. The van der Waals surface area contributed by atoms with Crippen molar-refractivity contribution in [1.82, 2.24) is 19.2 Å². The largest absolute Gasteiger partial charge is 0.368 e. The maximum atomic E-state index is 13.6. The van der Waals surface area contributed by atoms with Gasteiger partial charge in [0, 0.05) is 0 Å². The van der Waals surface area contributed by atoms with Crippen molar-refractivity contribution in [2.45, 2.75) is 24.3 Å². The van der Waals surface area contributed by atoms with E-state index in [4.69, 9.17) is 5.73 Å². The summed E-state index contributed by atoms with van der Waals surface area (Å²) >= 11 is 1.22. The van der Waals surface area contributed by atoms with Gasteiger partial charge in [0.15, 0.2) is 5.16 Å². The van der Waals surface area contributed by atoms with Crippen molar-refractivity contribution in [3.63, 3.8) is 0 Å². The zero-order valence-corrected chi connectivity index (χ0v) is 18.9. The van der Waals surface area contributed by atoms with Crippen LogP contribution in [-0.4, -0.2) is 25.1 Å². The van der Waals surface area contributed by atoms with Gasteiger partial charge in [0.2, 0.25) is 11.7 Å². The van der Waals surface area contributed by atoms with Gasteiger partial charge in [-0.2, -0.15) is 0 Å². The van der Waals surface area contributed by atoms with E-state index in [0.29, 0.717) is 21.8 Å². The summed E-state index contributed by atoms with van der Waals surface area (Å²) in [6.45, 7) is 3.93. The molecule has 1 amide bonds. The van der Waals surface area contributed by atoms with Gasteiger partial charge in [0.1, 0.15) is 5.25 Å². The van der Waals surface area contributed by atoms with Gasteiger partial charge in [-0.25, -0.2) is 4.57 Å². The lowest BCUT2D eigenvalue weighted by Crippen LogP contribution is -2.23. The van der Waals surface area contributed by atoms with Crippen LogP contribution < -0.4 is 11.3 Å². The van der Waals surface area contributed by atoms with Crippen molar-refractivity contribution >= 4 is 34.3 Å². The Bertz CT molecular complexity index is 1550. The number of hydrogen-bond donors (Lipinski definition) is 1. The van der Waals surface area contributed by atoms with Crippen LogP contribution in [-0.2, 0) is 4.79 Å². The van der Waals surface area contributed by atoms with Crippen molar-refractivity contribution in [2.75, 3.05) is 0 Å². The predicted molar refractivity (Wildman–Crippen MR) is 130 cm³/mol. The number of aryl methyl sites for hydroxylation is 2. The molecule has 3 aromatic carbocycles. The minimum atomic E-state index is -0.655. The number of carbonyl (C=O) groups is 1. The molecular formula is C25H21N5O2S. The third-order valence-electron chi connectivity index (χ3n) is 5.64. The van der Waals surface area contributed by atoms with Gasteiger partial charge in [-0.05, 0) is 42.7 Å². The highest BCUT2D eigenvalue weighted by atomic mass is 32.2. The van der Waals surface area contributed by atoms with Gasteiger partial charge in [-0.1, -0.05) is 72.4 Å². The molecule has 7 nitrogen and oxygen atoms in total. The van der Waals surface area contributed by atoms with E-state index in [0.717, 1.165) is 22.4 Å². The normalized spacial score (nSPS) is 12.3. The monoisotopic (exact) mass is 455 g/mol. The van der Waals surface area contributed by atoms with E-state index < -0.39 is 11.2 Å². The molecule has 0 bridgehead atoms. The van der Waals surface area contributed by atoms with Gasteiger partial charge in [-0.15, -0.1) is 10.2 Å². The van der Waals surface area contributed by atoms with Crippen LogP contribution in [0.4, 0.5) is 0 Å². The molecule has 5 aromatic rings. The molecule has 1 atom stereocenters. The molecule has 164 valence electrons. The zero-order valence-electron chi connectivity index (χ0n) is 18.1. The van der Waals surface area contributed by atoms with Gasteiger partial charge in [-0.3, -0.25) is 14.0 Å². The summed E-state index contributed by atoms with van der Waals surface area (Å²) in [6.07, 6.45) is 0. The number of fused-ring (bicyclic) bond motifs is 3. The maximum absolute atomic E-state index is 13.6. The Morgan fingerprint density at radius 2 is 1.58 bits per heavy atom. The molecule has 0 saturated heterocycles. The summed E-state index contributed by atoms with van der Waals surface area (Å²) in [6, 6.07) is 22.5. The topological polar surface area (TPSA) is 95.3 Å². The molecule has 0 aliphatic carbocycles. The Morgan fingerprint density at radius 3 is 2.27 bits per heavy atom. The molecule has 2 N–H and O–H groups in total. The highest BCUT2D eigenvalue weighted by Crippen LogP contribution is 2.35. The Balaban J connectivity index is 1.81. The van der Waals surface area contributed by atoms with E-state index in [1.54, 1.807) is 10.6 Å². The molecule has 0 aliphatic heterocycles. The second kappa shape index (κ2) is 8.22. The van der Waals surface area contributed by atoms with Crippen LogP contribution in [0.2, 0.25) is 0 Å². The summed E-state index contributed by atoms with van der Waals surface area (Å²) in [4.78, 5) is 26.0. The first kappa shape index (κ1) is 21.0. The number of nitrogens with two attached hydrogens (primary N) is 1. The standard InChI is InChI=1S/C25H21N5O2S/c1-15-9-8-10-16(2)20(15)30-23(32)18-13-6-7-14-19(18)29-24(30)27-28-25(29)33-21(22(26)31)17-11-4-3-5-12-17/h3-14,21H,1-2H3,(H2,26,31). The fraction of sp³-hybridized carbons (Fsp3) is 0.120. The first-order chi connectivity index (χ1) is 16.0. The molecule has 0 radical (unpaired) electrons. The average molecular weight is 456 g/mol. The Morgan fingerprint density at radius 1 is 0.909 bits per heavy atom. The van der Waals surface area contributed by atoms with Crippen molar-refractivity contribution in [2.24, 2.45) is 5.73 Å². The number of carbonyl (C=O) groups excluding carboxylic acids is 1. The summed E-state index contributed by atoms with van der Waals surface area (Å²) in [5.74, 6) is -0.0924. The third-order valence-corrected chi connectivity index (χ3v) is 6.86. The quantitative estimate of drug-likeness (QED) is 0.405. The molecular weight excluding hydrogens is 434 g/mol. The van der Waals surface area contributed by atoms with Gasteiger partial charge in [0.25, 0.3) is 5.56 Å². The van der Waals surface area contributed by atoms with Crippen LogP contribution in [0.15, 0.2) is 82.7 Å². The van der Waals surface area contributed by atoms with E-state index in [2.05, 4.69) is 10.2 Å². The highest BCUT2D eigenvalue weighted by Gasteiger charge is 2.25. The molecule has 1 unspecified atom stereocenters. The van der Waals surface area contributed by atoms with Crippen LogP contribution in [0.5, 0.6) is 0 Å². The van der Waals surface area contributed by atoms with Gasteiger partial charge < -0.3 is 5.73 Å². The smallest absolute Gasteiger partial charge is 0.267 e. The van der Waals surface area contributed by atoms with Crippen LogP contribution in [0.3, 0.4) is 0 Å². The molecule has 0 saturated carbocycles. The van der Waals surface area contributed by atoms with Crippen molar-refractivity contribution < 1.29 is 4.79 Å². The first-order valence-electron chi connectivity index (χ1n) is 10.4. The lowest BCUT2D eigenvalue weighted by molar-refractivity contribution is -0.117. The molecule has 5 rings (SSSR count). The van der Waals surface area contributed by atoms with Crippen LogP contribution in [0, 0.1) is 13.8 Å². The lowest BCUT2D eigenvalue weighted by Gasteiger charge is -2.16. The molecule has 33 heavy (non-hydrogen) atoms.